The first kappa shape index (κ1) is 30.0. The lowest BCUT2D eigenvalue weighted by molar-refractivity contribution is -0.112. The highest BCUT2D eigenvalue weighted by Gasteiger charge is 2.33. The first-order valence-corrected chi connectivity index (χ1v) is 14.2. The predicted octanol–water partition coefficient (Wildman–Crippen LogP) is 5.79. The second kappa shape index (κ2) is 15.8. The highest BCUT2D eigenvalue weighted by atomic mass is 35.5. The van der Waals surface area contributed by atoms with Crippen molar-refractivity contribution in [2.75, 3.05) is 26.2 Å². The van der Waals surface area contributed by atoms with E-state index in [0.717, 1.165) is 74.0 Å². The second-order valence-electron chi connectivity index (χ2n) is 10.0. The fourth-order valence-corrected chi connectivity index (χ4v) is 5.31. The number of aldehydes is 2. The molecule has 0 bridgehead atoms. The van der Waals surface area contributed by atoms with Gasteiger partial charge in [0.2, 0.25) is 0 Å². The van der Waals surface area contributed by atoms with Gasteiger partial charge in [-0.25, -0.2) is 0 Å². The van der Waals surface area contributed by atoms with Crippen LogP contribution in [0.5, 0.6) is 0 Å². The van der Waals surface area contributed by atoms with E-state index in [0.29, 0.717) is 31.7 Å². The van der Waals surface area contributed by atoms with Crippen LogP contribution in [0, 0.1) is 6.92 Å². The van der Waals surface area contributed by atoms with E-state index in [1.807, 2.05) is 30.3 Å². The van der Waals surface area contributed by atoms with Crippen molar-refractivity contribution in [1.29, 1.82) is 0 Å². The average Bonchev–Trinajstić information content (AvgIpc) is 3.25. The molecular formula is C31H41ClN2O4. The van der Waals surface area contributed by atoms with Crippen molar-refractivity contribution < 1.29 is 19.1 Å². The van der Waals surface area contributed by atoms with Crippen molar-refractivity contribution >= 4 is 30.1 Å². The molecule has 206 valence electrons. The van der Waals surface area contributed by atoms with Crippen molar-refractivity contribution in [3.63, 3.8) is 0 Å². The van der Waals surface area contributed by atoms with Crippen molar-refractivity contribution in [2.24, 2.45) is 0 Å². The summed E-state index contributed by atoms with van der Waals surface area (Å²) >= 11 is 6.03. The third kappa shape index (κ3) is 8.48. The van der Waals surface area contributed by atoms with E-state index in [1.54, 1.807) is 4.90 Å². The highest BCUT2D eigenvalue weighted by molar-refractivity contribution is 6.30. The Morgan fingerprint density at radius 2 is 1.89 bits per heavy atom. The normalized spacial score (nSPS) is 13.7. The van der Waals surface area contributed by atoms with Gasteiger partial charge in [0, 0.05) is 30.1 Å². The summed E-state index contributed by atoms with van der Waals surface area (Å²) < 4.78 is 5.91. The molecule has 0 aliphatic carbocycles. The third-order valence-corrected chi connectivity index (χ3v) is 7.70. The van der Waals surface area contributed by atoms with Crippen molar-refractivity contribution in [2.45, 2.75) is 78.0 Å². The Bertz CT molecular complexity index is 1070. The molecule has 1 atom stereocenters. The number of hydrogen-bond acceptors (Lipinski definition) is 5. The second-order valence-corrected chi connectivity index (χ2v) is 10.5. The molecule has 2 aromatic carbocycles. The van der Waals surface area contributed by atoms with Gasteiger partial charge < -0.3 is 24.1 Å². The van der Waals surface area contributed by atoms with Gasteiger partial charge in [0.05, 0.1) is 19.3 Å². The highest BCUT2D eigenvalue weighted by Crippen LogP contribution is 2.29. The maximum atomic E-state index is 12.9. The Morgan fingerprint density at radius 1 is 1.08 bits per heavy atom. The Balaban J connectivity index is 1.35. The fourth-order valence-electron chi connectivity index (χ4n) is 5.09. The minimum atomic E-state index is -0.540. The van der Waals surface area contributed by atoms with Crippen LogP contribution in [0.4, 0.5) is 0 Å². The summed E-state index contributed by atoms with van der Waals surface area (Å²) in [6.45, 7) is 9.04. The molecule has 38 heavy (non-hydrogen) atoms. The van der Waals surface area contributed by atoms with Gasteiger partial charge in [-0.15, -0.1) is 0 Å². The van der Waals surface area contributed by atoms with Crippen LogP contribution in [-0.2, 0) is 33.9 Å². The van der Waals surface area contributed by atoms with Crippen LogP contribution in [0.1, 0.15) is 78.1 Å². The lowest BCUT2D eigenvalue weighted by Crippen LogP contribution is -2.36. The number of carbonyl (C=O) groups excluding carboxylic acids is 3. The number of aryl methyl sites for hydroxylation is 2. The summed E-state index contributed by atoms with van der Waals surface area (Å²) in [5, 5.41) is 0.757. The van der Waals surface area contributed by atoms with Gasteiger partial charge in [-0.1, -0.05) is 49.6 Å². The molecule has 0 fully saturated rings. The minimum Gasteiger partial charge on any atom is -0.375 e. The molecule has 1 aliphatic heterocycles. The molecule has 6 nitrogen and oxygen atoms in total. The van der Waals surface area contributed by atoms with Crippen molar-refractivity contribution in [3.8, 4) is 0 Å². The molecule has 0 N–H and O–H groups in total. The summed E-state index contributed by atoms with van der Waals surface area (Å²) in [5.74, 6) is -0.100. The molecule has 0 aromatic heterocycles. The molecule has 7 heteroatoms. The van der Waals surface area contributed by atoms with Crippen LogP contribution in [0.2, 0.25) is 5.02 Å². The Morgan fingerprint density at radius 3 is 2.63 bits per heavy atom. The number of halogens is 1. The van der Waals surface area contributed by atoms with Crippen LogP contribution in [0.3, 0.4) is 0 Å². The zero-order valence-electron chi connectivity index (χ0n) is 22.8. The van der Waals surface area contributed by atoms with Gasteiger partial charge in [0.1, 0.15) is 12.6 Å². The number of ether oxygens (including phenoxy) is 1. The number of likely N-dealkylation sites (N-methyl/N-ethyl adjacent to an activating group) is 1. The topological polar surface area (TPSA) is 66.9 Å². The summed E-state index contributed by atoms with van der Waals surface area (Å²) in [4.78, 5) is 39.2. The lowest BCUT2D eigenvalue weighted by Gasteiger charge is -2.22. The van der Waals surface area contributed by atoms with Crippen LogP contribution < -0.4 is 0 Å². The Kier molecular flexibility index (Phi) is 12.5. The van der Waals surface area contributed by atoms with Gasteiger partial charge >= 0.3 is 0 Å². The molecule has 2 aromatic rings. The summed E-state index contributed by atoms with van der Waals surface area (Å²) in [7, 11) is 0. The van der Waals surface area contributed by atoms with Crippen molar-refractivity contribution in [3.05, 3.63) is 69.2 Å². The molecule has 1 amide bonds. The first-order valence-electron chi connectivity index (χ1n) is 13.8. The largest absolute Gasteiger partial charge is 0.375 e. The maximum absolute atomic E-state index is 12.9. The Hall–Kier alpha value is -2.54. The standard InChI is InChI=1S/C31H41ClN2O4/c1-3-33(17-19-38-23-26-14-15-27(32)20-24(26)2)16-7-5-4-6-10-25-11-8-13-29-30(25)21-34(31(29)37)28(22-36)12-9-18-35/h8,11,13-15,18,20,22,28H,3-7,9-10,12,16-17,19,21,23H2,1-2H3. The van der Waals surface area contributed by atoms with E-state index in [2.05, 4.69) is 24.8 Å². The monoisotopic (exact) mass is 540 g/mol. The maximum Gasteiger partial charge on any atom is 0.255 e. The number of carbonyl (C=O) groups is 3. The van der Waals surface area contributed by atoms with Gasteiger partial charge in [-0.05, 0) is 86.1 Å². The van der Waals surface area contributed by atoms with Crippen LogP contribution in [0.15, 0.2) is 36.4 Å². The van der Waals surface area contributed by atoms with Crippen LogP contribution in [0.25, 0.3) is 0 Å². The first-order chi connectivity index (χ1) is 18.5. The SMILES string of the molecule is CCN(CCCCCCc1cccc2c1CN(C(C=O)CCC=O)C2=O)CCOCc1ccc(Cl)cc1C. The zero-order chi connectivity index (χ0) is 27.3. The molecule has 0 spiro atoms. The van der Waals surface area contributed by atoms with Crippen molar-refractivity contribution in [1.82, 2.24) is 9.80 Å². The quantitative estimate of drug-likeness (QED) is 0.177. The average molecular weight is 541 g/mol. The number of fused-ring (bicyclic) bond motifs is 1. The predicted molar refractivity (Wildman–Crippen MR) is 152 cm³/mol. The zero-order valence-corrected chi connectivity index (χ0v) is 23.5. The van der Waals surface area contributed by atoms with Gasteiger partial charge in [-0.2, -0.15) is 0 Å². The molecule has 1 aliphatic rings. The number of benzene rings is 2. The van der Waals surface area contributed by atoms with Gasteiger partial charge in [0.25, 0.3) is 5.91 Å². The number of amides is 1. The van der Waals surface area contributed by atoms with E-state index >= 15 is 0 Å². The number of unbranched alkanes of at least 4 members (excludes halogenated alkanes) is 3. The number of nitrogens with zero attached hydrogens (tertiary/aromatic N) is 2. The van der Waals surface area contributed by atoms with E-state index in [9.17, 15) is 14.4 Å². The summed E-state index contributed by atoms with van der Waals surface area (Å²) in [6, 6.07) is 11.3. The molecule has 1 heterocycles. The Labute approximate surface area is 232 Å². The van der Waals surface area contributed by atoms with Crippen LogP contribution >= 0.6 is 11.6 Å². The molecule has 0 radical (unpaired) electrons. The van der Waals surface area contributed by atoms with Gasteiger partial charge in [-0.3, -0.25) is 4.79 Å². The minimum absolute atomic E-state index is 0.100. The molecule has 0 saturated heterocycles. The smallest absolute Gasteiger partial charge is 0.255 e. The fraction of sp³-hybridized carbons (Fsp3) is 0.516. The summed E-state index contributed by atoms with van der Waals surface area (Å²) in [5.41, 5.74) is 5.28. The molecule has 3 rings (SSSR count). The summed E-state index contributed by atoms with van der Waals surface area (Å²) in [6.07, 6.45) is 7.71. The van der Waals surface area contributed by atoms with E-state index in [4.69, 9.17) is 16.3 Å². The van der Waals surface area contributed by atoms with E-state index in [-0.39, 0.29) is 12.3 Å². The van der Waals surface area contributed by atoms with E-state index in [1.165, 1.54) is 17.5 Å². The molecule has 1 unspecified atom stereocenters. The number of rotatable bonds is 18. The van der Waals surface area contributed by atoms with Crippen LogP contribution in [-0.4, -0.2) is 60.6 Å². The van der Waals surface area contributed by atoms with E-state index < -0.39 is 6.04 Å². The molecule has 0 saturated carbocycles. The third-order valence-electron chi connectivity index (χ3n) is 7.46. The lowest BCUT2D eigenvalue weighted by atomic mass is 9.98. The molecular weight excluding hydrogens is 500 g/mol. The van der Waals surface area contributed by atoms with Gasteiger partial charge in [0.15, 0.2) is 0 Å². The number of hydrogen-bond donors (Lipinski definition) is 0.